The van der Waals surface area contributed by atoms with Crippen LogP contribution in [0.3, 0.4) is 0 Å². The molecule has 0 saturated carbocycles. The van der Waals surface area contributed by atoms with Crippen LogP contribution in [0.5, 0.6) is 0 Å². The van der Waals surface area contributed by atoms with Crippen molar-refractivity contribution in [2.45, 2.75) is 38.3 Å². The van der Waals surface area contributed by atoms with Crippen molar-refractivity contribution in [2.75, 3.05) is 13.1 Å². The molecule has 0 spiro atoms. The van der Waals surface area contributed by atoms with Crippen molar-refractivity contribution in [3.8, 4) is 0 Å². The van der Waals surface area contributed by atoms with E-state index in [1.807, 2.05) is 24.3 Å². The molecule has 1 aromatic rings. The van der Waals surface area contributed by atoms with Crippen molar-refractivity contribution < 1.29 is 9.59 Å². The number of nitrogens with zero attached hydrogens (tertiary/aromatic N) is 1. The Hall–Kier alpha value is -1.88. The highest BCUT2D eigenvalue weighted by Crippen LogP contribution is 2.25. The van der Waals surface area contributed by atoms with Gasteiger partial charge in [0.1, 0.15) is 6.04 Å². The number of benzene rings is 1. The molecular weight excluding hydrogens is 278 g/mol. The zero-order chi connectivity index (χ0) is 15.5. The normalized spacial score (nSPS) is 24.1. The second-order valence-electron chi connectivity index (χ2n) is 6.31. The molecule has 22 heavy (non-hydrogen) atoms. The van der Waals surface area contributed by atoms with Crippen molar-refractivity contribution in [1.29, 1.82) is 0 Å². The number of nitrogens with two attached hydrogens (primary N) is 1. The molecular formula is C17H23N3O2. The molecule has 2 heterocycles. The number of hydrogen-bond acceptors (Lipinski definition) is 3. The van der Waals surface area contributed by atoms with E-state index in [1.54, 1.807) is 4.90 Å². The smallest absolute Gasteiger partial charge is 0.240 e. The van der Waals surface area contributed by atoms with Gasteiger partial charge in [-0.1, -0.05) is 24.3 Å². The highest BCUT2D eigenvalue weighted by molar-refractivity contribution is 5.87. The summed E-state index contributed by atoms with van der Waals surface area (Å²) in [6.07, 6.45) is 3.05. The van der Waals surface area contributed by atoms with E-state index < -0.39 is 11.9 Å². The van der Waals surface area contributed by atoms with Gasteiger partial charge in [-0.15, -0.1) is 0 Å². The van der Waals surface area contributed by atoms with Crippen LogP contribution in [0, 0.1) is 5.92 Å². The van der Waals surface area contributed by atoms with Crippen molar-refractivity contribution in [2.24, 2.45) is 11.7 Å². The number of amides is 2. The van der Waals surface area contributed by atoms with Gasteiger partial charge in [-0.25, -0.2) is 0 Å². The standard InChI is InChI=1S/C17H23N3O2/c18-17(22)15-9-13-3-1-2-4-14(13)11-20(15)16(21)6-5-12-7-8-19-10-12/h1-4,12,15,19H,5-11H2,(H2,18,22). The number of hydrogen-bond donors (Lipinski definition) is 2. The molecule has 1 saturated heterocycles. The van der Waals surface area contributed by atoms with E-state index in [9.17, 15) is 9.59 Å². The SMILES string of the molecule is NC(=O)C1Cc2ccccc2CN1C(=O)CCC1CCNC1. The Labute approximate surface area is 130 Å². The zero-order valence-corrected chi connectivity index (χ0v) is 12.8. The summed E-state index contributed by atoms with van der Waals surface area (Å²) < 4.78 is 0. The van der Waals surface area contributed by atoms with Gasteiger partial charge >= 0.3 is 0 Å². The van der Waals surface area contributed by atoms with E-state index in [0.717, 1.165) is 37.1 Å². The van der Waals surface area contributed by atoms with Crippen molar-refractivity contribution in [3.05, 3.63) is 35.4 Å². The largest absolute Gasteiger partial charge is 0.368 e. The van der Waals surface area contributed by atoms with Gasteiger partial charge in [0.05, 0.1) is 0 Å². The predicted octanol–water partition coefficient (Wildman–Crippen LogP) is 0.815. The van der Waals surface area contributed by atoms with Crippen LogP contribution < -0.4 is 11.1 Å². The number of fused-ring (bicyclic) bond motifs is 1. The van der Waals surface area contributed by atoms with Crippen LogP contribution in [0.25, 0.3) is 0 Å². The quantitative estimate of drug-likeness (QED) is 0.864. The van der Waals surface area contributed by atoms with Crippen molar-refractivity contribution >= 4 is 11.8 Å². The lowest BCUT2D eigenvalue weighted by Crippen LogP contribution is -2.51. The zero-order valence-electron chi connectivity index (χ0n) is 12.8. The molecule has 3 rings (SSSR count). The predicted molar refractivity (Wildman–Crippen MR) is 83.9 cm³/mol. The topological polar surface area (TPSA) is 75.4 Å². The summed E-state index contributed by atoms with van der Waals surface area (Å²) in [6, 6.07) is 7.45. The molecule has 0 aromatic heterocycles. The summed E-state index contributed by atoms with van der Waals surface area (Å²) in [4.78, 5) is 26.0. The highest BCUT2D eigenvalue weighted by Gasteiger charge is 2.33. The molecule has 2 atom stereocenters. The minimum Gasteiger partial charge on any atom is -0.368 e. The van der Waals surface area contributed by atoms with Gasteiger partial charge in [0.2, 0.25) is 11.8 Å². The second-order valence-corrected chi connectivity index (χ2v) is 6.31. The first kappa shape index (κ1) is 15.0. The fourth-order valence-corrected chi connectivity index (χ4v) is 3.47. The third kappa shape index (κ3) is 3.14. The van der Waals surface area contributed by atoms with Gasteiger partial charge in [0.25, 0.3) is 0 Å². The minimum atomic E-state index is -0.510. The summed E-state index contributed by atoms with van der Waals surface area (Å²) >= 11 is 0. The maximum atomic E-state index is 12.6. The first-order valence-electron chi connectivity index (χ1n) is 8.01. The maximum absolute atomic E-state index is 12.6. The van der Waals surface area contributed by atoms with E-state index in [-0.39, 0.29) is 5.91 Å². The number of nitrogens with one attached hydrogen (secondary N) is 1. The number of carbonyl (C=O) groups excluding carboxylic acids is 2. The molecule has 0 bridgehead atoms. The molecule has 3 N–H and O–H groups in total. The molecule has 1 fully saturated rings. The van der Waals surface area contributed by atoms with Crippen LogP contribution in [-0.2, 0) is 22.6 Å². The summed E-state index contributed by atoms with van der Waals surface area (Å²) in [5, 5.41) is 3.32. The Balaban J connectivity index is 1.69. The fraction of sp³-hybridized carbons (Fsp3) is 0.529. The molecule has 0 aliphatic carbocycles. The summed E-state index contributed by atoms with van der Waals surface area (Å²) in [5.74, 6) is 0.212. The Kier molecular flexibility index (Phi) is 4.43. The van der Waals surface area contributed by atoms with Gasteiger partial charge in [0, 0.05) is 19.4 Å². The van der Waals surface area contributed by atoms with Crippen molar-refractivity contribution in [1.82, 2.24) is 10.2 Å². The first-order valence-corrected chi connectivity index (χ1v) is 8.01. The Morgan fingerprint density at radius 3 is 2.73 bits per heavy atom. The van der Waals surface area contributed by atoms with Gasteiger partial charge in [0.15, 0.2) is 0 Å². The highest BCUT2D eigenvalue weighted by atomic mass is 16.2. The van der Waals surface area contributed by atoms with Crippen LogP contribution in [-0.4, -0.2) is 35.8 Å². The molecule has 2 aliphatic heterocycles. The maximum Gasteiger partial charge on any atom is 0.240 e. The molecule has 2 aliphatic rings. The molecule has 1 aromatic carbocycles. The summed E-state index contributed by atoms with van der Waals surface area (Å²) in [7, 11) is 0. The summed E-state index contributed by atoms with van der Waals surface area (Å²) in [6.45, 7) is 2.53. The summed E-state index contributed by atoms with van der Waals surface area (Å²) in [5.41, 5.74) is 7.77. The lowest BCUT2D eigenvalue weighted by atomic mass is 9.92. The third-order valence-corrected chi connectivity index (χ3v) is 4.83. The molecule has 118 valence electrons. The van der Waals surface area contributed by atoms with Gasteiger partial charge in [-0.05, 0) is 43.0 Å². The van der Waals surface area contributed by atoms with Gasteiger partial charge in [-0.2, -0.15) is 0 Å². The number of primary amides is 1. The molecule has 0 radical (unpaired) electrons. The van der Waals surface area contributed by atoms with Crippen LogP contribution in [0.15, 0.2) is 24.3 Å². The number of carbonyl (C=O) groups is 2. The van der Waals surface area contributed by atoms with Crippen LogP contribution in [0.4, 0.5) is 0 Å². The van der Waals surface area contributed by atoms with E-state index in [4.69, 9.17) is 5.73 Å². The van der Waals surface area contributed by atoms with E-state index in [1.165, 1.54) is 0 Å². The van der Waals surface area contributed by atoms with Crippen LogP contribution in [0.2, 0.25) is 0 Å². The monoisotopic (exact) mass is 301 g/mol. The van der Waals surface area contributed by atoms with E-state index in [0.29, 0.717) is 25.3 Å². The molecule has 2 unspecified atom stereocenters. The second kappa shape index (κ2) is 6.48. The Morgan fingerprint density at radius 2 is 2.05 bits per heavy atom. The van der Waals surface area contributed by atoms with Crippen molar-refractivity contribution in [3.63, 3.8) is 0 Å². The van der Waals surface area contributed by atoms with E-state index >= 15 is 0 Å². The average molecular weight is 301 g/mol. The Morgan fingerprint density at radius 1 is 1.27 bits per heavy atom. The number of rotatable bonds is 4. The Bertz CT molecular complexity index is 567. The third-order valence-electron chi connectivity index (χ3n) is 4.83. The minimum absolute atomic E-state index is 0.0465. The van der Waals surface area contributed by atoms with E-state index in [2.05, 4.69) is 5.32 Å². The molecule has 5 nitrogen and oxygen atoms in total. The van der Waals surface area contributed by atoms with Crippen LogP contribution in [0.1, 0.15) is 30.4 Å². The fourth-order valence-electron chi connectivity index (χ4n) is 3.47. The van der Waals surface area contributed by atoms with Crippen LogP contribution >= 0.6 is 0 Å². The lowest BCUT2D eigenvalue weighted by Gasteiger charge is -2.35. The first-order chi connectivity index (χ1) is 10.6. The molecule has 2 amide bonds. The van der Waals surface area contributed by atoms with Gasteiger partial charge < -0.3 is 16.0 Å². The lowest BCUT2D eigenvalue weighted by molar-refractivity contribution is -0.140. The van der Waals surface area contributed by atoms with Gasteiger partial charge in [-0.3, -0.25) is 9.59 Å². The molecule has 5 heteroatoms. The average Bonchev–Trinajstić information content (AvgIpc) is 3.04.